The highest BCUT2D eigenvalue weighted by molar-refractivity contribution is 6.30. The molecule has 0 atom stereocenters. The highest BCUT2D eigenvalue weighted by Crippen LogP contribution is 2.25. The van der Waals surface area contributed by atoms with Gasteiger partial charge in [-0.2, -0.15) is 5.10 Å². The van der Waals surface area contributed by atoms with Crippen molar-refractivity contribution in [2.24, 2.45) is 0 Å². The summed E-state index contributed by atoms with van der Waals surface area (Å²) in [7, 11) is 1.54. The number of benzene rings is 2. The van der Waals surface area contributed by atoms with Crippen LogP contribution >= 0.6 is 11.6 Å². The molecule has 186 valence electrons. The van der Waals surface area contributed by atoms with E-state index in [-0.39, 0.29) is 17.9 Å². The number of hydrogen-bond donors (Lipinski definition) is 0. The van der Waals surface area contributed by atoms with E-state index in [0.717, 1.165) is 11.4 Å². The molecule has 0 saturated heterocycles. The fourth-order valence-electron chi connectivity index (χ4n) is 4.11. The third-order valence-corrected chi connectivity index (χ3v) is 6.22. The SMILES string of the molecule is COc1cccc(C(=O)COc2cccn3c(=O)c(-c4cc(C)n(-c5ccc(Cl)cc5)n4)c(C)nc23)c1. The van der Waals surface area contributed by atoms with Gasteiger partial charge in [-0.15, -0.1) is 0 Å². The number of Topliss-reactive ketones (excluding diaryl/α,β-unsaturated/α-hetero) is 1. The molecule has 2 aromatic carbocycles. The van der Waals surface area contributed by atoms with Crippen LogP contribution in [0.25, 0.3) is 22.6 Å². The number of ether oxygens (including phenoxy) is 2. The molecule has 0 spiro atoms. The molecule has 0 fully saturated rings. The molecule has 3 heterocycles. The number of carbonyl (C=O) groups is 1. The van der Waals surface area contributed by atoms with Crippen LogP contribution in [0.4, 0.5) is 0 Å². The standard InChI is InChI=1S/C28H23ClN4O4/c1-17-14-23(31-33(17)21-11-9-20(29)10-12-21)26-18(2)30-27-25(8-5-13-32(27)28(26)35)37-16-24(34)19-6-4-7-22(15-19)36-3/h4-15H,16H2,1-3H3. The second-order valence-electron chi connectivity index (χ2n) is 8.45. The highest BCUT2D eigenvalue weighted by atomic mass is 35.5. The summed E-state index contributed by atoms with van der Waals surface area (Å²) in [6.07, 6.45) is 1.62. The Morgan fingerprint density at radius 3 is 2.57 bits per heavy atom. The van der Waals surface area contributed by atoms with Gasteiger partial charge in [0.05, 0.1) is 24.1 Å². The molecule has 5 rings (SSSR count). The summed E-state index contributed by atoms with van der Waals surface area (Å²) >= 11 is 6.02. The van der Waals surface area contributed by atoms with E-state index in [1.54, 1.807) is 73.4 Å². The van der Waals surface area contributed by atoms with Crippen molar-refractivity contribution >= 4 is 23.0 Å². The van der Waals surface area contributed by atoms with Gasteiger partial charge in [0.1, 0.15) is 11.4 Å². The van der Waals surface area contributed by atoms with E-state index in [9.17, 15) is 9.59 Å². The molecule has 0 saturated carbocycles. The molecule has 9 heteroatoms. The molecule has 0 N–H and O–H groups in total. The molecule has 8 nitrogen and oxygen atoms in total. The van der Waals surface area contributed by atoms with Gasteiger partial charge in [0.15, 0.2) is 23.8 Å². The maximum atomic E-state index is 13.6. The van der Waals surface area contributed by atoms with Gasteiger partial charge in [0.25, 0.3) is 5.56 Å². The van der Waals surface area contributed by atoms with Crippen LogP contribution in [0.15, 0.2) is 77.7 Å². The van der Waals surface area contributed by atoms with Gasteiger partial charge in [-0.1, -0.05) is 23.7 Å². The second-order valence-corrected chi connectivity index (χ2v) is 8.88. The number of carbonyl (C=O) groups excluding carboxylic acids is 1. The largest absolute Gasteiger partial charge is 0.497 e. The lowest BCUT2D eigenvalue weighted by Crippen LogP contribution is -2.20. The molecule has 0 aliphatic rings. The van der Waals surface area contributed by atoms with E-state index in [2.05, 4.69) is 10.1 Å². The Labute approximate surface area is 217 Å². The minimum atomic E-state index is -0.284. The summed E-state index contributed by atoms with van der Waals surface area (Å²) in [5, 5.41) is 5.30. The van der Waals surface area contributed by atoms with Crippen LogP contribution in [0, 0.1) is 13.8 Å². The number of aryl methyl sites for hydroxylation is 2. The summed E-state index contributed by atoms with van der Waals surface area (Å²) in [5.74, 6) is 0.689. The topological polar surface area (TPSA) is 87.7 Å². The first-order valence-corrected chi connectivity index (χ1v) is 11.9. The maximum absolute atomic E-state index is 13.6. The number of halogens is 1. The van der Waals surface area contributed by atoms with Crippen molar-refractivity contribution in [1.82, 2.24) is 19.2 Å². The van der Waals surface area contributed by atoms with E-state index in [4.69, 9.17) is 21.1 Å². The number of aromatic nitrogens is 4. The normalized spacial score (nSPS) is 11.0. The minimum absolute atomic E-state index is 0.214. The van der Waals surface area contributed by atoms with Crippen molar-refractivity contribution in [1.29, 1.82) is 0 Å². The van der Waals surface area contributed by atoms with Gasteiger partial charge in [0, 0.05) is 22.5 Å². The third kappa shape index (κ3) is 4.71. The molecule has 0 unspecified atom stereocenters. The van der Waals surface area contributed by atoms with Crippen molar-refractivity contribution < 1.29 is 14.3 Å². The van der Waals surface area contributed by atoms with Crippen molar-refractivity contribution in [3.8, 4) is 28.4 Å². The van der Waals surface area contributed by atoms with Gasteiger partial charge >= 0.3 is 0 Å². The maximum Gasteiger partial charge on any atom is 0.267 e. The lowest BCUT2D eigenvalue weighted by Gasteiger charge is -2.11. The number of pyridine rings is 1. The monoisotopic (exact) mass is 514 g/mol. The van der Waals surface area contributed by atoms with E-state index < -0.39 is 0 Å². The Balaban J connectivity index is 1.48. The third-order valence-electron chi connectivity index (χ3n) is 5.96. The van der Waals surface area contributed by atoms with E-state index in [1.807, 2.05) is 25.1 Å². The summed E-state index contributed by atoms with van der Waals surface area (Å²) < 4.78 is 14.2. The smallest absolute Gasteiger partial charge is 0.267 e. The minimum Gasteiger partial charge on any atom is -0.497 e. The summed E-state index contributed by atoms with van der Waals surface area (Å²) in [6, 6.07) is 19.4. The Morgan fingerprint density at radius 1 is 1.03 bits per heavy atom. The van der Waals surface area contributed by atoms with Gasteiger partial charge < -0.3 is 9.47 Å². The number of ketones is 1. The first kappa shape index (κ1) is 24.3. The zero-order valence-electron chi connectivity index (χ0n) is 20.4. The van der Waals surface area contributed by atoms with Gasteiger partial charge in [-0.05, 0) is 68.4 Å². The average molecular weight is 515 g/mol. The van der Waals surface area contributed by atoms with Crippen molar-refractivity contribution in [3.63, 3.8) is 0 Å². The van der Waals surface area contributed by atoms with Gasteiger partial charge in [-0.25, -0.2) is 9.67 Å². The number of methoxy groups -OCH3 is 1. The highest BCUT2D eigenvalue weighted by Gasteiger charge is 2.19. The van der Waals surface area contributed by atoms with Crippen molar-refractivity contribution in [3.05, 3.63) is 105 Å². The Kier molecular flexibility index (Phi) is 6.50. The van der Waals surface area contributed by atoms with Crippen LogP contribution in [0.3, 0.4) is 0 Å². The predicted octanol–water partition coefficient (Wildman–Crippen LogP) is 5.09. The molecule has 0 aliphatic carbocycles. The van der Waals surface area contributed by atoms with Crippen LogP contribution in [-0.2, 0) is 0 Å². The number of rotatable bonds is 7. The van der Waals surface area contributed by atoms with Gasteiger partial charge in [0.2, 0.25) is 0 Å². The molecule has 0 aliphatic heterocycles. The predicted molar refractivity (Wildman–Crippen MR) is 141 cm³/mol. The van der Waals surface area contributed by atoms with E-state index in [1.165, 1.54) is 4.40 Å². The molecule has 0 bridgehead atoms. The van der Waals surface area contributed by atoms with Crippen molar-refractivity contribution in [2.75, 3.05) is 13.7 Å². The molecular formula is C28H23ClN4O4. The van der Waals surface area contributed by atoms with Crippen LogP contribution < -0.4 is 15.0 Å². The quantitative estimate of drug-likeness (QED) is 0.281. The zero-order valence-corrected chi connectivity index (χ0v) is 21.2. The lowest BCUT2D eigenvalue weighted by atomic mass is 10.1. The Morgan fingerprint density at radius 2 is 1.81 bits per heavy atom. The van der Waals surface area contributed by atoms with Gasteiger partial charge in [-0.3, -0.25) is 14.0 Å². The average Bonchev–Trinajstić information content (AvgIpc) is 3.28. The summed E-state index contributed by atoms with van der Waals surface area (Å²) in [4.78, 5) is 30.9. The number of nitrogens with zero attached hydrogens (tertiary/aromatic N) is 4. The van der Waals surface area contributed by atoms with E-state index in [0.29, 0.717) is 44.7 Å². The molecule has 3 aromatic heterocycles. The number of fused-ring (bicyclic) bond motifs is 1. The van der Waals surface area contributed by atoms with Crippen LogP contribution in [0.2, 0.25) is 5.02 Å². The lowest BCUT2D eigenvalue weighted by molar-refractivity contribution is 0.0922. The number of hydrogen-bond acceptors (Lipinski definition) is 6. The second kappa shape index (κ2) is 9.91. The van der Waals surface area contributed by atoms with Crippen molar-refractivity contribution in [2.45, 2.75) is 13.8 Å². The molecule has 0 radical (unpaired) electrons. The van der Waals surface area contributed by atoms with E-state index >= 15 is 0 Å². The molecule has 5 aromatic rings. The Hall–Kier alpha value is -4.43. The summed E-state index contributed by atoms with van der Waals surface area (Å²) in [6.45, 7) is 3.46. The molecular weight excluding hydrogens is 492 g/mol. The molecule has 37 heavy (non-hydrogen) atoms. The van der Waals surface area contributed by atoms with Crippen LogP contribution in [-0.4, -0.2) is 38.7 Å². The molecule has 0 amide bonds. The Bertz CT molecular complexity index is 1690. The fraction of sp³-hybridized carbons (Fsp3) is 0.143. The first-order valence-electron chi connectivity index (χ1n) is 11.5. The fourth-order valence-corrected chi connectivity index (χ4v) is 4.24. The zero-order chi connectivity index (χ0) is 26.1. The first-order chi connectivity index (χ1) is 17.9. The summed E-state index contributed by atoms with van der Waals surface area (Å²) in [5.41, 5.74) is 3.59. The van der Waals surface area contributed by atoms with Crippen LogP contribution in [0.1, 0.15) is 21.7 Å². The van der Waals surface area contributed by atoms with Crippen LogP contribution in [0.5, 0.6) is 11.5 Å².